The summed E-state index contributed by atoms with van der Waals surface area (Å²) in [6.07, 6.45) is 4.20. The van der Waals surface area contributed by atoms with Crippen molar-refractivity contribution in [2.24, 2.45) is 0 Å². The molecule has 1 amide bonds. The van der Waals surface area contributed by atoms with E-state index in [1.807, 2.05) is 32.0 Å². The Balaban J connectivity index is 1.68. The van der Waals surface area contributed by atoms with Crippen molar-refractivity contribution in [3.63, 3.8) is 0 Å². The van der Waals surface area contributed by atoms with Crippen LogP contribution in [0.1, 0.15) is 25.0 Å². The van der Waals surface area contributed by atoms with Crippen LogP contribution in [0.2, 0.25) is 0 Å². The van der Waals surface area contributed by atoms with Crippen molar-refractivity contribution >= 4 is 11.6 Å². The van der Waals surface area contributed by atoms with Crippen LogP contribution in [0.4, 0.5) is 10.1 Å². The average Bonchev–Trinajstić information content (AvgIpc) is 3.02. The minimum Gasteiger partial charge on any atom is -0.487 e. The van der Waals surface area contributed by atoms with Gasteiger partial charge in [0, 0.05) is 18.2 Å². The molecular weight excluding hydrogens is 297 g/mol. The van der Waals surface area contributed by atoms with Gasteiger partial charge in [0.1, 0.15) is 18.0 Å². The van der Waals surface area contributed by atoms with E-state index in [1.54, 1.807) is 6.20 Å². The summed E-state index contributed by atoms with van der Waals surface area (Å²) >= 11 is 0. The number of nitrogens with one attached hydrogen (secondary N) is 1. The second-order valence-electron chi connectivity index (χ2n) is 6.35. The minimum absolute atomic E-state index is 0.147. The molecule has 0 saturated carbocycles. The third-order valence-electron chi connectivity index (χ3n) is 3.75. The number of ether oxygens (including phenoxy) is 1. The lowest BCUT2D eigenvalue weighted by molar-refractivity contribution is -0.115. The SMILES string of the molecule is CC1(C)Cc2cccc(CC(=O)Nc3cnn(CCF)c3)c2O1. The number of carbonyl (C=O) groups is 1. The van der Waals surface area contributed by atoms with Crippen molar-refractivity contribution in [2.45, 2.75) is 38.8 Å². The molecule has 1 aromatic heterocycles. The predicted octanol–water partition coefficient (Wildman–Crippen LogP) is 2.75. The Morgan fingerprint density at radius 1 is 1.48 bits per heavy atom. The van der Waals surface area contributed by atoms with Crippen LogP contribution in [0, 0.1) is 0 Å². The first kappa shape index (κ1) is 15.5. The summed E-state index contributed by atoms with van der Waals surface area (Å²) < 4.78 is 19.7. The van der Waals surface area contributed by atoms with Crippen LogP contribution in [-0.4, -0.2) is 28.0 Å². The van der Waals surface area contributed by atoms with Gasteiger partial charge in [-0.25, -0.2) is 4.39 Å². The zero-order chi connectivity index (χ0) is 16.4. The molecule has 23 heavy (non-hydrogen) atoms. The molecule has 6 heteroatoms. The molecule has 0 fully saturated rings. The molecule has 1 N–H and O–H groups in total. The van der Waals surface area contributed by atoms with E-state index in [0.717, 1.165) is 23.3 Å². The van der Waals surface area contributed by atoms with Crippen LogP contribution < -0.4 is 10.1 Å². The van der Waals surface area contributed by atoms with Gasteiger partial charge in [-0.05, 0) is 19.4 Å². The number of benzene rings is 1. The summed E-state index contributed by atoms with van der Waals surface area (Å²) in [6, 6.07) is 5.89. The van der Waals surface area contributed by atoms with E-state index in [1.165, 1.54) is 10.9 Å². The predicted molar refractivity (Wildman–Crippen MR) is 85.4 cm³/mol. The van der Waals surface area contributed by atoms with E-state index < -0.39 is 6.67 Å². The Hall–Kier alpha value is -2.37. The molecule has 1 aliphatic heterocycles. The first-order chi connectivity index (χ1) is 11.0. The van der Waals surface area contributed by atoms with Crippen LogP contribution in [-0.2, 0) is 24.2 Å². The Bertz CT molecular complexity index is 724. The number of halogens is 1. The van der Waals surface area contributed by atoms with Crippen molar-refractivity contribution in [2.75, 3.05) is 12.0 Å². The second-order valence-corrected chi connectivity index (χ2v) is 6.35. The molecule has 0 atom stereocenters. The number of aromatic nitrogens is 2. The number of amides is 1. The number of para-hydroxylation sites is 1. The second kappa shape index (κ2) is 6.02. The number of anilines is 1. The maximum Gasteiger partial charge on any atom is 0.229 e. The van der Waals surface area contributed by atoms with E-state index in [9.17, 15) is 9.18 Å². The molecule has 0 unspecified atom stereocenters. The number of alkyl halides is 1. The van der Waals surface area contributed by atoms with E-state index in [0.29, 0.717) is 5.69 Å². The molecule has 0 bridgehead atoms. The molecule has 2 heterocycles. The van der Waals surface area contributed by atoms with Crippen LogP contribution in [0.15, 0.2) is 30.6 Å². The Morgan fingerprint density at radius 2 is 2.30 bits per heavy atom. The van der Waals surface area contributed by atoms with Gasteiger partial charge in [-0.1, -0.05) is 18.2 Å². The lowest BCUT2D eigenvalue weighted by Gasteiger charge is -2.18. The highest BCUT2D eigenvalue weighted by atomic mass is 19.1. The summed E-state index contributed by atoms with van der Waals surface area (Å²) in [5, 5.41) is 6.76. The standard InChI is InChI=1S/C17H20FN3O2/c1-17(2)9-13-5-3-4-12(16(13)23-17)8-15(22)20-14-10-19-21(11-14)7-6-18/h3-5,10-11H,6-9H2,1-2H3,(H,20,22). The maximum atomic E-state index is 12.3. The van der Waals surface area contributed by atoms with E-state index in [4.69, 9.17) is 4.74 Å². The molecule has 0 saturated heterocycles. The van der Waals surface area contributed by atoms with Crippen LogP contribution in [0.25, 0.3) is 0 Å². The fraction of sp³-hybridized carbons (Fsp3) is 0.412. The molecular formula is C17H20FN3O2. The van der Waals surface area contributed by atoms with Gasteiger partial charge in [-0.2, -0.15) is 5.10 Å². The third kappa shape index (κ3) is 3.52. The lowest BCUT2D eigenvalue weighted by atomic mass is 10.00. The third-order valence-corrected chi connectivity index (χ3v) is 3.75. The van der Waals surface area contributed by atoms with Gasteiger partial charge >= 0.3 is 0 Å². The van der Waals surface area contributed by atoms with Gasteiger partial charge in [0.25, 0.3) is 0 Å². The number of fused-ring (bicyclic) bond motifs is 1. The largest absolute Gasteiger partial charge is 0.487 e. The number of carbonyl (C=O) groups excluding carboxylic acids is 1. The zero-order valence-corrected chi connectivity index (χ0v) is 13.3. The smallest absolute Gasteiger partial charge is 0.229 e. The van der Waals surface area contributed by atoms with Gasteiger partial charge in [0.05, 0.1) is 24.8 Å². The summed E-state index contributed by atoms with van der Waals surface area (Å²) in [7, 11) is 0. The first-order valence-electron chi connectivity index (χ1n) is 7.65. The van der Waals surface area contributed by atoms with Gasteiger partial charge in [0.2, 0.25) is 5.91 Å². The number of nitrogens with zero attached hydrogens (tertiary/aromatic N) is 2. The number of rotatable bonds is 5. The van der Waals surface area contributed by atoms with Gasteiger partial charge in [-0.15, -0.1) is 0 Å². The van der Waals surface area contributed by atoms with Crippen molar-refractivity contribution in [1.82, 2.24) is 9.78 Å². The van der Waals surface area contributed by atoms with Crippen molar-refractivity contribution in [1.29, 1.82) is 0 Å². The normalized spacial score (nSPS) is 15.1. The lowest BCUT2D eigenvalue weighted by Crippen LogP contribution is -2.25. The molecule has 5 nitrogen and oxygen atoms in total. The maximum absolute atomic E-state index is 12.3. The molecule has 1 aromatic carbocycles. The highest BCUT2D eigenvalue weighted by molar-refractivity contribution is 5.92. The Morgan fingerprint density at radius 3 is 3.09 bits per heavy atom. The highest BCUT2D eigenvalue weighted by Gasteiger charge is 2.31. The zero-order valence-electron chi connectivity index (χ0n) is 13.3. The minimum atomic E-state index is -0.488. The summed E-state index contributed by atoms with van der Waals surface area (Å²) in [5.74, 6) is 0.673. The first-order valence-corrected chi connectivity index (χ1v) is 7.65. The van der Waals surface area contributed by atoms with Gasteiger partial charge in [0.15, 0.2) is 0 Å². The number of aryl methyl sites for hydroxylation is 1. The average molecular weight is 317 g/mol. The van der Waals surface area contributed by atoms with E-state index in [2.05, 4.69) is 10.4 Å². The molecule has 122 valence electrons. The number of hydrogen-bond acceptors (Lipinski definition) is 3. The molecule has 2 aromatic rings. The molecule has 0 spiro atoms. The van der Waals surface area contributed by atoms with Crippen molar-refractivity contribution in [3.05, 3.63) is 41.7 Å². The van der Waals surface area contributed by atoms with Crippen LogP contribution >= 0.6 is 0 Å². The van der Waals surface area contributed by atoms with Crippen molar-refractivity contribution in [3.8, 4) is 5.75 Å². The fourth-order valence-corrected chi connectivity index (χ4v) is 2.83. The Labute approximate surface area is 134 Å². The topological polar surface area (TPSA) is 56.2 Å². The van der Waals surface area contributed by atoms with E-state index >= 15 is 0 Å². The van der Waals surface area contributed by atoms with Crippen molar-refractivity contribution < 1.29 is 13.9 Å². The molecule has 3 rings (SSSR count). The van der Waals surface area contributed by atoms with Crippen LogP contribution in [0.3, 0.4) is 0 Å². The summed E-state index contributed by atoms with van der Waals surface area (Å²) in [6.45, 7) is 3.77. The van der Waals surface area contributed by atoms with Gasteiger partial charge in [-0.3, -0.25) is 9.48 Å². The quantitative estimate of drug-likeness (QED) is 0.922. The monoisotopic (exact) mass is 317 g/mol. The Kier molecular flexibility index (Phi) is 4.07. The van der Waals surface area contributed by atoms with Crippen LogP contribution in [0.5, 0.6) is 5.75 Å². The summed E-state index contributed by atoms with van der Waals surface area (Å²) in [4.78, 5) is 12.2. The molecule has 0 radical (unpaired) electrons. The summed E-state index contributed by atoms with van der Waals surface area (Å²) in [5.41, 5.74) is 2.35. The fourth-order valence-electron chi connectivity index (χ4n) is 2.83. The number of hydrogen-bond donors (Lipinski definition) is 1. The molecule has 1 aliphatic rings. The van der Waals surface area contributed by atoms with E-state index in [-0.39, 0.29) is 24.5 Å². The molecule has 0 aliphatic carbocycles. The highest BCUT2D eigenvalue weighted by Crippen LogP contribution is 2.37. The van der Waals surface area contributed by atoms with Gasteiger partial charge < -0.3 is 10.1 Å².